The van der Waals surface area contributed by atoms with E-state index in [-0.39, 0.29) is 31.6 Å². The van der Waals surface area contributed by atoms with Crippen LogP contribution in [0.5, 0.6) is 11.5 Å². The van der Waals surface area contributed by atoms with Crippen LogP contribution in [0.1, 0.15) is 26.7 Å². The molecule has 114 valence electrons. The van der Waals surface area contributed by atoms with Gasteiger partial charge < -0.3 is 19.5 Å². The lowest BCUT2D eigenvalue weighted by Gasteiger charge is -2.23. The van der Waals surface area contributed by atoms with Crippen molar-refractivity contribution >= 4 is 17.6 Å². The Balaban J connectivity index is 2.21. The number of anilines is 1. The molecule has 1 amide bonds. The number of carboxylic acid groups (broad SMARTS) is 1. The molecule has 1 aromatic rings. The van der Waals surface area contributed by atoms with Gasteiger partial charge >= 0.3 is 5.97 Å². The van der Waals surface area contributed by atoms with Gasteiger partial charge in [-0.15, -0.1) is 0 Å². The lowest BCUT2D eigenvalue weighted by atomic mass is 10.1. The summed E-state index contributed by atoms with van der Waals surface area (Å²) in [5, 5.41) is 8.85. The van der Waals surface area contributed by atoms with Gasteiger partial charge in [-0.3, -0.25) is 9.59 Å². The molecular formula is C15H19NO5. The van der Waals surface area contributed by atoms with Crippen LogP contribution in [0.2, 0.25) is 0 Å². The Morgan fingerprint density at radius 2 is 2.00 bits per heavy atom. The third-order valence-corrected chi connectivity index (χ3v) is 3.10. The highest BCUT2D eigenvalue weighted by atomic mass is 16.7. The first-order valence-electron chi connectivity index (χ1n) is 6.89. The van der Waals surface area contributed by atoms with E-state index in [1.807, 2.05) is 13.8 Å². The molecule has 0 spiro atoms. The summed E-state index contributed by atoms with van der Waals surface area (Å²) in [5.74, 6) is 0.389. The Morgan fingerprint density at radius 3 is 2.67 bits per heavy atom. The Morgan fingerprint density at radius 1 is 1.29 bits per heavy atom. The molecule has 1 N–H and O–H groups in total. The Hall–Kier alpha value is -2.24. The van der Waals surface area contributed by atoms with E-state index in [1.165, 1.54) is 4.90 Å². The maximum Gasteiger partial charge on any atom is 0.305 e. The van der Waals surface area contributed by atoms with Crippen LogP contribution in [0.3, 0.4) is 0 Å². The first-order chi connectivity index (χ1) is 9.97. The quantitative estimate of drug-likeness (QED) is 0.870. The van der Waals surface area contributed by atoms with Gasteiger partial charge in [-0.1, -0.05) is 13.8 Å². The van der Waals surface area contributed by atoms with Crippen molar-refractivity contribution in [1.29, 1.82) is 0 Å². The molecule has 0 aliphatic carbocycles. The number of carbonyl (C=O) groups is 2. The van der Waals surface area contributed by atoms with Gasteiger partial charge in [-0.2, -0.15) is 0 Å². The van der Waals surface area contributed by atoms with E-state index in [4.69, 9.17) is 14.6 Å². The number of nitrogens with zero attached hydrogens (tertiary/aromatic N) is 1. The number of ether oxygens (including phenoxy) is 2. The van der Waals surface area contributed by atoms with Gasteiger partial charge in [0.15, 0.2) is 11.5 Å². The fourth-order valence-corrected chi connectivity index (χ4v) is 2.12. The van der Waals surface area contributed by atoms with E-state index in [0.717, 1.165) is 0 Å². The summed E-state index contributed by atoms with van der Waals surface area (Å²) >= 11 is 0. The van der Waals surface area contributed by atoms with Crippen molar-refractivity contribution in [3.8, 4) is 11.5 Å². The van der Waals surface area contributed by atoms with Gasteiger partial charge in [-0.05, 0) is 18.1 Å². The number of aliphatic carboxylic acids is 1. The minimum absolute atomic E-state index is 0.0925. The molecule has 6 nitrogen and oxygen atoms in total. The Kier molecular flexibility index (Phi) is 4.67. The second-order valence-electron chi connectivity index (χ2n) is 5.32. The molecule has 1 heterocycles. The SMILES string of the molecule is CC(C)CC(=O)N(CCC(=O)O)c1ccc2c(c1)OCO2. The molecule has 6 heteroatoms. The molecule has 1 aliphatic rings. The van der Waals surface area contributed by atoms with Crippen LogP contribution in [0.25, 0.3) is 0 Å². The van der Waals surface area contributed by atoms with Crippen LogP contribution in [0, 0.1) is 5.92 Å². The monoisotopic (exact) mass is 293 g/mol. The zero-order valence-electron chi connectivity index (χ0n) is 12.2. The van der Waals surface area contributed by atoms with E-state index in [0.29, 0.717) is 23.6 Å². The molecule has 0 saturated heterocycles. The topological polar surface area (TPSA) is 76.1 Å². The lowest BCUT2D eigenvalue weighted by Crippen LogP contribution is -2.33. The number of fused-ring (bicyclic) bond motifs is 1. The van der Waals surface area contributed by atoms with Crippen molar-refractivity contribution in [2.45, 2.75) is 26.7 Å². The molecule has 0 fully saturated rings. The highest BCUT2D eigenvalue weighted by Gasteiger charge is 2.21. The van der Waals surface area contributed by atoms with Crippen LogP contribution in [-0.2, 0) is 9.59 Å². The molecule has 0 unspecified atom stereocenters. The third kappa shape index (κ3) is 3.87. The first-order valence-corrected chi connectivity index (χ1v) is 6.89. The minimum Gasteiger partial charge on any atom is -0.481 e. The standard InChI is InChI=1S/C15H19NO5/c1-10(2)7-14(17)16(6-5-15(18)19)11-3-4-12-13(8-11)21-9-20-12/h3-4,8,10H,5-7,9H2,1-2H3,(H,18,19). The first kappa shape index (κ1) is 15.2. The second-order valence-corrected chi connectivity index (χ2v) is 5.32. The van der Waals surface area contributed by atoms with Crippen molar-refractivity contribution in [3.63, 3.8) is 0 Å². The summed E-state index contributed by atoms with van der Waals surface area (Å²) < 4.78 is 10.5. The number of hydrogen-bond donors (Lipinski definition) is 1. The molecule has 0 atom stereocenters. The molecular weight excluding hydrogens is 274 g/mol. The highest BCUT2D eigenvalue weighted by Crippen LogP contribution is 2.35. The summed E-state index contributed by atoms with van der Waals surface area (Å²) in [7, 11) is 0. The molecule has 2 rings (SSSR count). The Labute approximate surface area is 123 Å². The van der Waals surface area contributed by atoms with Crippen LogP contribution < -0.4 is 14.4 Å². The largest absolute Gasteiger partial charge is 0.481 e. The number of amides is 1. The van der Waals surface area contributed by atoms with Crippen molar-refractivity contribution in [2.75, 3.05) is 18.2 Å². The number of rotatable bonds is 6. The van der Waals surface area contributed by atoms with Crippen LogP contribution in [0.15, 0.2) is 18.2 Å². The van der Waals surface area contributed by atoms with Crippen LogP contribution in [-0.4, -0.2) is 30.3 Å². The molecule has 0 saturated carbocycles. The van der Waals surface area contributed by atoms with E-state index < -0.39 is 5.97 Å². The summed E-state index contributed by atoms with van der Waals surface area (Å²) in [6, 6.07) is 5.18. The predicted molar refractivity (Wildman–Crippen MR) is 76.6 cm³/mol. The van der Waals surface area contributed by atoms with Crippen LogP contribution in [0.4, 0.5) is 5.69 Å². The molecule has 21 heavy (non-hydrogen) atoms. The van der Waals surface area contributed by atoms with Gasteiger partial charge in [0.2, 0.25) is 12.7 Å². The van der Waals surface area contributed by atoms with Crippen molar-refractivity contribution < 1.29 is 24.2 Å². The van der Waals surface area contributed by atoms with E-state index in [1.54, 1.807) is 18.2 Å². The molecule has 0 aromatic heterocycles. The average Bonchev–Trinajstić information content (AvgIpc) is 2.85. The second kappa shape index (κ2) is 6.47. The lowest BCUT2D eigenvalue weighted by molar-refractivity contribution is -0.136. The van der Waals surface area contributed by atoms with Gasteiger partial charge in [-0.25, -0.2) is 0 Å². The summed E-state index contributed by atoms with van der Waals surface area (Å²) in [4.78, 5) is 24.6. The Bertz CT molecular complexity index is 541. The fourth-order valence-electron chi connectivity index (χ4n) is 2.12. The van der Waals surface area contributed by atoms with Crippen molar-refractivity contribution in [3.05, 3.63) is 18.2 Å². The smallest absolute Gasteiger partial charge is 0.305 e. The van der Waals surface area contributed by atoms with Gasteiger partial charge in [0.05, 0.1) is 6.42 Å². The zero-order chi connectivity index (χ0) is 15.4. The normalized spacial score (nSPS) is 12.5. The van der Waals surface area contributed by atoms with Crippen molar-refractivity contribution in [2.24, 2.45) is 5.92 Å². The van der Waals surface area contributed by atoms with E-state index in [2.05, 4.69) is 0 Å². The maximum absolute atomic E-state index is 12.3. The van der Waals surface area contributed by atoms with Gasteiger partial charge in [0.1, 0.15) is 0 Å². The summed E-state index contributed by atoms with van der Waals surface area (Å²) in [5.41, 5.74) is 0.631. The van der Waals surface area contributed by atoms with E-state index >= 15 is 0 Å². The summed E-state index contributed by atoms with van der Waals surface area (Å²) in [6.45, 7) is 4.20. The fraction of sp³-hybridized carbons (Fsp3) is 0.467. The maximum atomic E-state index is 12.3. The number of benzene rings is 1. The third-order valence-electron chi connectivity index (χ3n) is 3.10. The molecule has 0 radical (unpaired) electrons. The minimum atomic E-state index is -0.932. The van der Waals surface area contributed by atoms with Gasteiger partial charge in [0, 0.05) is 24.7 Å². The van der Waals surface area contributed by atoms with Crippen LogP contribution >= 0.6 is 0 Å². The predicted octanol–water partition coefficient (Wildman–Crippen LogP) is 2.27. The number of carbonyl (C=O) groups excluding carboxylic acids is 1. The van der Waals surface area contributed by atoms with Crippen molar-refractivity contribution in [1.82, 2.24) is 0 Å². The van der Waals surface area contributed by atoms with Gasteiger partial charge in [0.25, 0.3) is 0 Å². The number of carboxylic acids is 1. The average molecular weight is 293 g/mol. The molecule has 0 bridgehead atoms. The summed E-state index contributed by atoms with van der Waals surface area (Å²) in [6.07, 6.45) is 0.270. The van der Waals surface area contributed by atoms with E-state index in [9.17, 15) is 9.59 Å². The highest BCUT2D eigenvalue weighted by molar-refractivity contribution is 5.94. The zero-order valence-corrected chi connectivity index (χ0v) is 12.2. The number of hydrogen-bond acceptors (Lipinski definition) is 4. The molecule has 1 aromatic carbocycles. The molecule has 1 aliphatic heterocycles.